The first-order valence-corrected chi connectivity index (χ1v) is 5.83. The van der Waals surface area contributed by atoms with Gasteiger partial charge in [0.05, 0.1) is 5.92 Å². The van der Waals surface area contributed by atoms with Crippen molar-refractivity contribution < 1.29 is 14.7 Å². The molecule has 1 aliphatic rings. The van der Waals surface area contributed by atoms with Crippen LogP contribution in [-0.4, -0.2) is 44.9 Å². The SMILES string of the molecule is O=C(O)C1CCN(C(=O)c2c[nH]c(=O)[nH]c2=O)CC1. The van der Waals surface area contributed by atoms with Gasteiger partial charge in [-0.1, -0.05) is 0 Å². The fraction of sp³-hybridized carbons (Fsp3) is 0.455. The van der Waals surface area contributed by atoms with Gasteiger partial charge < -0.3 is 15.0 Å². The Morgan fingerprint density at radius 3 is 2.42 bits per heavy atom. The third kappa shape index (κ3) is 2.72. The van der Waals surface area contributed by atoms with Gasteiger partial charge in [-0.05, 0) is 12.8 Å². The molecule has 2 heterocycles. The molecule has 8 heteroatoms. The summed E-state index contributed by atoms with van der Waals surface area (Å²) in [5, 5.41) is 8.86. The number of carbonyl (C=O) groups excluding carboxylic acids is 1. The van der Waals surface area contributed by atoms with E-state index in [1.165, 1.54) is 4.90 Å². The fourth-order valence-electron chi connectivity index (χ4n) is 2.07. The number of nitrogens with zero attached hydrogens (tertiary/aromatic N) is 1. The summed E-state index contributed by atoms with van der Waals surface area (Å²) >= 11 is 0. The van der Waals surface area contributed by atoms with Crippen molar-refractivity contribution in [3.8, 4) is 0 Å². The predicted octanol–water partition coefficient (Wildman–Crippen LogP) is -1.000. The van der Waals surface area contributed by atoms with Gasteiger partial charge in [0.15, 0.2) is 0 Å². The van der Waals surface area contributed by atoms with E-state index in [9.17, 15) is 19.2 Å². The zero-order valence-electron chi connectivity index (χ0n) is 10.0. The Balaban J connectivity index is 2.11. The van der Waals surface area contributed by atoms with Gasteiger partial charge in [-0.2, -0.15) is 0 Å². The van der Waals surface area contributed by atoms with E-state index in [0.29, 0.717) is 12.8 Å². The lowest BCUT2D eigenvalue weighted by molar-refractivity contribution is -0.143. The first kappa shape index (κ1) is 13.1. The third-order valence-corrected chi connectivity index (χ3v) is 3.18. The number of hydrogen-bond donors (Lipinski definition) is 3. The first-order chi connectivity index (χ1) is 8.99. The fourth-order valence-corrected chi connectivity index (χ4v) is 2.07. The van der Waals surface area contributed by atoms with Crippen molar-refractivity contribution in [1.29, 1.82) is 0 Å². The molecule has 8 nitrogen and oxygen atoms in total. The summed E-state index contributed by atoms with van der Waals surface area (Å²) in [7, 11) is 0. The van der Waals surface area contributed by atoms with Gasteiger partial charge in [0.2, 0.25) is 0 Å². The van der Waals surface area contributed by atoms with E-state index in [2.05, 4.69) is 4.98 Å². The van der Waals surface area contributed by atoms with Crippen LogP contribution in [0.15, 0.2) is 15.8 Å². The van der Waals surface area contributed by atoms with Crippen LogP contribution in [0, 0.1) is 5.92 Å². The predicted molar refractivity (Wildman–Crippen MR) is 63.9 cm³/mol. The van der Waals surface area contributed by atoms with Crippen LogP contribution in [0.1, 0.15) is 23.2 Å². The molecule has 102 valence electrons. The number of aromatic amines is 2. The number of aliphatic carboxylic acids is 1. The molecular weight excluding hydrogens is 254 g/mol. The molecule has 0 aromatic carbocycles. The number of amides is 1. The lowest BCUT2D eigenvalue weighted by Crippen LogP contribution is -2.42. The molecule has 0 bridgehead atoms. The highest BCUT2D eigenvalue weighted by molar-refractivity contribution is 5.93. The molecule has 1 aromatic heterocycles. The largest absolute Gasteiger partial charge is 0.481 e. The number of rotatable bonds is 2. The molecule has 0 aliphatic carbocycles. The molecule has 1 saturated heterocycles. The second-order valence-electron chi connectivity index (χ2n) is 4.39. The maximum atomic E-state index is 12.0. The Morgan fingerprint density at radius 2 is 1.89 bits per heavy atom. The van der Waals surface area contributed by atoms with Crippen LogP contribution in [0.25, 0.3) is 0 Å². The zero-order chi connectivity index (χ0) is 14.0. The van der Waals surface area contributed by atoms with E-state index < -0.39 is 29.0 Å². The Kier molecular flexibility index (Phi) is 3.50. The Bertz CT molecular complexity index is 609. The van der Waals surface area contributed by atoms with Crippen molar-refractivity contribution in [1.82, 2.24) is 14.9 Å². The standard InChI is InChI=1S/C11H13N3O5/c15-8-7(5-12-11(19)13-8)9(16)14-3-1-6(2-4-14)10(17)18/h5-6H,1-4H2,(H,17,18)(H2,12,13,15,19). The van der Waals surface area contributed by atoms with Crippen molar-refractivity contribution in [3.05, 3.63) is 32.6 Å². The van der Waals surface area contributed by atoms with Gasteiger partial charge in [0.25, 0.3) is 11.5 Å². The number of piperidine rings is 1. The number of carboxylic acid groups (broad SMARTS) is 1. The zero-order valence-corrected chi connectivity index (χ0v) is 10.0. The normalized spacial score (nSPS) is 16.3. The molecule has 1 fully saturated rings. The Morgan fingerprint density at radius 1 is 1.26 bits per heavy atom. The second kappa shape index (κ2) is 5.09. The molecule has 19 heavy (non-hydrogen) atoms. The maximum Gasteiger partial charge on any atom is 0.325 e. The number of nitrogens with one attached hydrogen (secondary N) is 2. The molecule has 1 aromatic rings. The molecule has 3 N–H and O–H groups in total. The van der Waals surface area contributed by atoms with E-state index in [1.54, 1.807) is 0 Å². The van der Waals surface area contributed by atoms with Crippen LogP contribution in [0.3, 0.4) is 0 Å². The van der Waals surface area contributed by atoms with E-state index in [0.717, 1.165) is 6.20 Å². The van der Waals surface area contributed by atoms with E-state index in [-0.39, 0.29) is 18.7 Å². The van der Waals surface area contributed by atoms with Gasteiger partial charge >= 0.3 is 11.7 Å². The van der Waals surface area contributed by atoms with E-state index >= 15 is 0 Å². The maximum absolute atomic E-state index is 12.0. The summed E-state index contributed by atoms with van der Waals surface area (Å²) in [4.78, 5) is 50.8. The first-order valence-electron chi connectivity index (χ1n) is 5.83. The summed E-state index contributed by atoms with van der Waals surface area (Å²) in [6.45, 7) is 0.572. The van der Waals surface area contributed by atoms with Crippen LogP contribution in [0.4, 0.5) is 0 Å². The van der Waals surface area contributed by atoms with Gasteiger partial charge in [-0.15, -0.1) is 0 Å². The molecule has 2 rings (SSSR count). The van der Waals surface area contributed by atoms with E-state index in [4.69, 9.17) is 5.11 Å². The molecule has 1 amide bonds. The van der Waals surface area contributed by atoms with Crippen LogP contribution >= 0.6 is 0 Å². The Labute approximate surface area is 107 Å². The quantitative estimate of drug-likeness (QED) is 0.634. The average Bonchev–Trinajstić information content (AvgIpc) is 2.38. The smallest absolute Gasteiger partial charge is 0.325 e. The summed E-state index contributed by atoms with van der Waals surface area (Å²) in [5.74, 6) is -1.81. The number of carboxylic acids is 1. The highest BCUT2D eigenvalue weighted by Gasteiger charge is 2.28. The number of carbonyl (C=O) groups is 2. The average molecular weight is 267 g/mol. The van der Waals surface area contributed by atoms with Crippen LogP contribution in [0.5, 0.6) is 0 Å². The molecule has 0 saturated carbocycles. The molecule has 0 atom stereocenters. The number of aromatic nitrogens is 2. The van der Waals surface area contributed by atoms with Crippen LogP contribution < -0.4 is 11.2 Å². The minimum Gasteiger partial charge on any atom is -0.481 e. The van der Waals surface area contributed by atoms with Crippen molar-refractivity contribution in [2.24, 2.45) is 5.92 Å². The minimum absolute atomic E-state index is 0.145. The molecular formula is C11H13N3O5. The molecule has 0 radical (unpaired) electrons. The lowest BCUT2D eigenvalue weighted by Gasteiger charge is -2.29. The second-order valence-corrected chi connectivity index (χ2v) is 4.39. The van der Waals surface area contributed by atoms with Crippen molar-refractivity contribution in [2.75, 3.05) is 13.1 Å². The third-order valence-electron chi connectivity index (χ3n) is 3.18. The summed E-state index contributed by atoms with van der Waals surface area (Å²) < 4.78 is 0. The summed E-state index contributed by atoms with van der Waals surface area (Å²) in [6.07, 6.45) is 1.80. The highest BCUT2D eigenvalue weighted by atomic mass is 16.4. The molecule has 1 aliphatic heterocycles. The lowest BCUT2D eigenvalue weighted by atomic mass is 9.97. The van der Waals surface area contributed by atoms with Gasteiger partial charge in [-0.25, -0.2) is 4.79 Å². The monoisotopic (exact) mass is 267 g/mol. The van der Waals surface area contributed by atoms with Gasteiger partial charge in [-0.3, -0.25) is 19.4 Å². The molecule has 0 unspecified atom stereocenters. The minimum atomic E-state index is -0.867. The highest BCUT2D eigenvalue weighted by Crippen LogP contribution is 2.18. The Hall–Kier alpha value is -2.38. The number of likely N-dealkylation sites (tertiary alicyclic amines) is 1. The molecule has 0 spiro atoms. The number of hydrogen-bond acceptors (Lipinski definition) is 4. The number of H-pyrrole nitrogens is 2. The van der Waals surface area contributed by atoms with Crippen LogP contribution in [0.2, 0.25) is 0 Å². The van der Waals surface area contributed by atoms with Crippen molar-refractivity contribution in [2.45, 2.75) is 12.8 Å². The summed E-state index contributed by atoms with van der Waals surface area (Å²) in [5.41, 5.74) is -1.56. The van der Waals surface area contributed by atoms with E-state index in [1.807, 2.05) is 4.98 Å². The van der Waals surface area contributed by atoms with Gasteiger partial charge in [0.1, 0.15) is 5.56 Å². The van der Waals surface area contributed by atoms with Crippen molar-refractivity contribution in [3.63, 3.8) is 0 Å². The van der Waals surface area contributed by atoms with Gasteiger partial charge in [0, 0.05) is 19.3 Å². The summed E-state index contributed by atoms with van der Waals surface area (Å²) in [6, 6.07) is 0. The van der Waals surface area contributed by atoms with Crippen LogP contribution in [-0.2, 0) is 4.79 Å². The van der Waals surface area contributed by atoms with Crippen molar-refractivity contribution >= 4 is 11.9 Å². The topological polar surface area (TPSA) is 123 Å².